The van der Waals surface area contributed by atoms with Gasteiger partial charge in [-0.2, -0.15) is 0 Å². The average Bonchev–Trinajstić information content (AvgIpc) is 3.02. The van der Waals surface area contributed by atoms with Gasteiger partial charge in [0, 0.05) is 12.2 Å². The van der Waals surface area contributed by atoms with Gasteiger partial charge in [0.05, 0.1) is 5.54 Å². The van der Waals surface area contributed by atoms with Gasteiger partial charge < -0.3 is 16.4 Å². The van der Waals surface area contributed by atoms with Crippen LogP contribution >= 0.6 is 0 Å². The smallest absolute Gasteiger partial charge is 0.319 e. The summed E-state index contributed by atoms with van der Waals surface area (Å²) in [6, 6.07) is 5.32. The van der Waals surface area contributed by atoms with Crippen molar-refractivity contribution in [1.29, 1.82) is 0 Å². The second-order valence-corrected chi connectivity index (χ2v) is 4.07. The molecule has 16 heavy (non-hydrogen) atoms. The van der Waals surface area contributed by atoms with Crippen molar-refractivity contribution in [2.24, 2.45) is 5.73 Å². The van der Waals surface area contributed by atoms with Crippen LogP contribution in [0.3, 0.4) is 0 Å². The van der Waals surface area contributed by atoms with Crippen LogP contribution in [0, 0.1) is 5.82 Å². The third kappa shape index (κ3) is 2.49. The summed E-state index contributed by atoms with van der Waals surface area (Å²) in [6.45, 7) is 0.448. The number of hydrogen-bond acceptors (Lipinski definition) is 2. The van der Waals surface area contributed by atoms with Crippen LogP contribution in [0.25, 0.3) is 0 Å². The highest BCUT2D eigenvalue weighted by atomic mass is 19.1. The van der Waals surface area contributed by atoms with Crippen molar-refractivity contribution >= 4 is 11.7 Å². The molecule has 1 saturated carbocycles. The molecular formula is C11H14FN3O. The molecule has 0 atom stereocenters. The molecule has 4 nitrogen and oxygen atoms in total. The van der Waals surface area contributed by atoms with Crippen LogP contribution in [0.1, 0.15) is 12.8 Å². The first kappa shape index (κ1) is 10.9. The topological polar surface area (TPSA) is 67.1 Å². The summed E-state index contributed by atoms with van der Waals surface area (Å²) in [5, 5.41) is 5.44. The number of anilines is 1. The summed E-state index contributed by atoms with van der Waals surface area (Å²) in [5.74, 6) is -0.327. The first-order valence-corrected chi connectivity index (χ1v) is 5.18. The van der Waals surface area contributed by atoms with E-state index in [1.54, 1.807) is 0 Å². The van der Waals surface area contributed by atoms with Gasteiger partial charge in [-0.15, -0.1) is 0 Å². The lowest BCUT2D eigenvalue weighted by Crippen LogP contribution is -2.44. The third-order valence-corrected chi connectivity index (χ3v) is 2.73. The van der Waals surface area contributed by atoms with Crippen LogP contribution in [0.2, 0.25) is 0 Å². The molecule has 1 aliphatic rings. The number of carbonyl (C=O) groups is 1. The van der Waals surface area contributed by atoms with Gasteiger partial charge in [0.2, 0.25) is 0 Å². The maximum atomic E-state index is 12.6. The molecule has 0 unspecified atom stereocenters. The van der Waals surface area contributed by atoms with E-state index in [4.69, 9.17) is 5.73 Å². The second-order valence-electron chi connectivity index (χ2n) is 4.07. The number of rotatable bonds is 3. The lowest BCUT2D eigenvalue weighted by Gasteiger charge is -2.15. The molecule has 0 heterocycles. The van der Waals surface area contributed by atoms with Crippen LogP contribution in [0.5, 0.6) is 0 Å². The summed E-state index contributed by atoms with van der Waals surface area (Å²) >= 11 is 0. The lowest BCUT2D eigenvalue weighted by atomic mass is 10.3. The van der Waals surface area contributed by atoms with Gasteiger partial charge in [-0.05, 0) is 37.1 Å². The van der Waals surface area contributed by atoms with E-state index in [1.165, 1.54) is 24.3 Å². The largest absolute Gasteiger partial charge is 0.331 e. The number of benzene rings is 1. The molecule has 1 aromatic rings. The molecule has 0 saturated heterocycles. The maximum absolute atomic E-state index is 12.6. The Morgan fingerprint density at radius 3 is 2.50 bits per heavy atom. The molecule has 2 amide bonds. The predicted octanol–water partition coefficient (Wildman–Crippen LogP) is 1.44. The normalized spacial score (nSPS) is 16.6. The Labute approximate surface area is 93.0 Å². The molecule has 0 radical (unpaired) electrons. The molecule has 1 fully saturated rings. The van der Waals surface area contributed by atoms with E-state index < -0.39 is 0 Å². The third-order valence-electron chi connectivity index (χ3n) is 2.73. The number of halogens is 1. The molecule has 2 rings (SSSR count). The van der Waals surface area contributed by atoms with Crippen molar-refractivity contribution in [3.63, 3.8) is 0 Å². The van der Waals surface area contributed by atoms with Crippen molar-refractivity contribution in [3.8, 4) is 0 Å². The van der Waals surface area contributed by atoms with Gasteiger partial charge in [-0.25, -0.2) is 9.18 Å². The zero-order chi connectivity index (χ0) is 11.6. The lowest BCUT2D eigenvalue weighted by molar-refractivity contribution is 0.247. The van der Waals surface area contributed by atoms with E-state index in [-0.39, 0.29) is 17.4 Å². The highest BCUT2D eigenvalue weighted by molar-refractivity contribution is 5.90. The summed E-state index contributed by atoms with van der Waals surface area (Å²) in [6.07, 6.45) is 1.83. The van der Waals surface area contributed by atoms with Crippen molar-refractivity contribution in [2.75, 3.05) is 11.9 Å². The summed E-state index contributed by atoms with van der Waals surface area (Å²) in [4.78, 5) is 11.5. The Hall–Kier alpha value is -1.62. The highest BCUT2D eigenvalue weighted by Gasteiger charge is 2.42. The fourth-order valence-electron chi connectivity index (χ4n) is 1.47. The number of nitrogens with two attached hydrogens (primary N) is 1. The van der Waals surface area contributed by atoms with Crippen molar-refractivity contribution in [3.05, 3.63) is 30.1 Å². The summed E-state index contributed by atoms with van der Waals surface area (Å²) < 4.78 is 12.6. The van der Waals surface area contributed by atoms with Gasteiger partial charge >= 0.3 is 6.03 Å². The Morgan fingerprint density at radius 1 is 1.38 bits per heavy atom. The van der Waals surface area contributed by atoms with Gasteiger partial charge in [0.15, 0.2) is 0 Å². The summed E-state index contributed by atoms with van der Waals surface area (Å²) in [7, 11) is 0. The first-order chi connectivity index (χ1) is 7.63. The van der Waals surface area contributed by atoms with Gasteiger partial charge in [-0.3, -0.25) is 0 Å². The van der Waals surface area contributed by atoms with E-state index in [1.807, 2.05) is 0 Å². The maximum Gasteiger partial charge on any atom is 0.319 e. The van der Waals surface area contributed by atoms with Crippen molar-refractivity contribution in [2.45, 2.75) is 18.4 Å². The molecule has 0 aliphatic heterocycles. The number of amides is 2. The van der Waals surface area contributed by atoms with Gasteiger partial charge in [-0.1, -0.05) is 0 Å². The van der Waals surface area contributed by atoms with Crippen molar-refractivity contribution in [1.82, 2.24) is 5.32 Å². The molecule has 1 aliphatic carbocycles. The zero-order valence-electron chi connectivity index (χ0n) is 8.79. The SMILES string of the molecule is NCC1(NC(=O)Nc2ccc(F)cc2)CC1. The van der Waals surface area contributed by atoms with E-state index >= 15 is 0 Å². The van der Waals surface area contributed by atoms with Crippen LogP contribution in [0.4, 0.5) is 14.9 Å². The number of carbonyl (C=O) groups excluding carboxylic acids is 1. The molecule has 0 bridgehead atoms. The fourth-order valence-corrected chi connectivity index (χ4v) is 1.47. The number of urea groups is 1. The Balaban J connectivity index is 1.90. The predicted molar refractivity (Wildman–Crippen MR) is 59.6 cm³/mol. The minimum Gasteiger partial charge on any atom is -0.331 e. The van der Waals surface area contributed by atoms with Crippen LogP contribution < -0.4 is 16.4 Å². The quantitative estimate of drug-likeness (QED) is 0.725. The number of hydrogen-bond donors (Lipinski definition) is 3. The number of nitrogens with one attached hydrogen (secondary N) is 2. The molecule has 86 valence electrons. The zero-order valence-corrected chi connectivity index (χ0v) is 8.79. The second kappa shape index (κ2) is 4.09. The monoisotopic (exact) mass is 223 g/mol. The standard InChI is InChI=1S/C11H14FN3O/c12-8-1-3-9(4-2-8)14-10(16)15-11(7-13)5-6-11/h1-4H,5-7,13H2,(H2,14,15,16). The van der Waals surface area contributed by atoms with Crippen LogP contribution in [-0.4, -0.2) is 18.1 Å². The molecule has 1 aromatic carbocycles. The Morgan fingerprint density at radius 2 is 2.00 bits per heavy atom. The fraction of sp³-hybridized carbons (Fsp3) is 0.364. The molecule has 0 spiro atoms. The van der Waals surface area contributed by atoms with E-state index in [2.05, 4.69) is 10.6 Å². The molecular weight excluding hydrogens is 209 g/mol. The average molecular weight is 223 g/mol. The van der Waals surface area contributed by atoms with Gasteiger partial charge in [0.25, 0.3) is 0 Å². The van der Waals surface area contributed by atoms with Crippen LogP contribution in [-0.2, 0) is 0 Å². The molecule has 5 heteroatoms. The first-order valence-electron chi connectivity index (χ1n) is 5.18. The minimum atomic E-state index is -0.327. The Kier molecular flexibility index (Phi) is 2.78. The van der Waals surface area contributed by atoms with Gasteiger partial charge in [0.1, 0.15) is 5.82 Å². The van der Waals surface area contributed by atoms with Crippen LogP contribution in [0.15, 0.2) is 24.3 Å². The highest BCUT2D eigenvalue weighted by Crippen LogP contribution is 2.33. The van der Waals surface area contributed by atoms with E-state index in [9.17, 15) is 9.18 Å². The minimum absolute atomic E-state index is 0.218. The summed E-state index contributed by atoms with van der Waals surface area (Å²) in [5.41, 5.74) is 5.88. The Bertz CT molecular complexity index is 387. The molecule has 4 N–H and O–H groups in total. The van der Waals surface area contributed by atoms with E-state index in [0.29, 0.717) is 12.2 Å². The molecule has 0 aromatic heterocycles. The van der Waals surface area contributed by atoms with Crippen molar-refractivity contribution < 1.29 is 9.18 Å². The van der Waals surface area contributed by atoms with E-state index in [0.717, 1.165) is 12.8 Å².